The fourth-order valence-corrected chi connectivity index (χ4v) is 5.29. The Labute approximate surface area is 274 Å². The van der Waals surface area contributed by atoms with E-state index in [2.05, 4.69) is 55.4 Å². The van der Waals surface area contributed by atoms with Gasteiger partial charge in [-0.15, -0.1) is 0 Å². The zero-order valence-corrected chi connectivity index (χ0v) is 31.7. The minimum atomic E-state index is -4.92. The summed E-state index contributed by atoms with van der Waals surface area (Å²) < 4.78 is 68.5. The molecule has 0 saturated carbocycles. The molecule has 2 N–H and O–H groups in total. The third-order valence-corrected chi connectivity index (χ3v) is 7.89. The van der Waals surface area contributed by atoms with Crippen molar-refractivity contribution in [2.45, 2.75) is 158 Å². The Morgan fingerprint density at radius 1 is 0.364 bits per heavy atom. The van der Waals surface area contributed by atoms with Crippen LogP contribution in [0.3, 0.4) is 0 Å². The van der Waals surface area contributed by atoms with Crippen LogP contribution < -0.4 is 0 Å². The second kappa shape index (κ2) is 32.6. The molecular formula is C32H74N2O8S2. The maximum absolute atomic E-state index is 8.63. The van der Waals surface area contributed by atoms with E-state index in [9.17, 15) is 0 Å². The highest BCUT2D eigenvalue weighted by Gasteiger charge is 2.25. The standard InChI is InChI=1S/2C16H36N.2H2O4S/c2*1-5-9-13-17(14-10-6-2,15-11-7-3)16-12-8-4;2*1-5(2,3)4/h2*5-16H2,1-4H3;2*(H2,1,2,3,4)/q2*+1;;/p-2. The largest absolute Gasteiger partial charge is 0.726 e. The first kappa shape index (κ1) is 50.5. The van der Waals surface area contributed by atoms with Crippen molar-refractivity contribution in [2.24, 2.45) is 0 Å². The summed E-state index contributed by atoms with van der Waals surface area (Å²) in [5, 5.41) is 0. The Hall–Kier alpha value is -0.340. The topological polar surface area (TPSA) is 155 Å². The lowest BCUT2D eigenvalue weighted by molar-refractivity contribution is -0.929. The second-order valence-corrected chi connectivity index (χ2v) is 13.9. The monoisotopic (exact) mass is 678 g/mol. The van der Waals surface area contributed by atoms with Gasteiger partial charge < -0.3 is 18.1 Å². The number of hydrogen-bond donors (Lipinski definition) is 2. The second-order valence-electron chi connectivity index (χ2n) is 12.2. The van der Waals surface area contributed by atoms with Crippen molar-refractivity contribution in [1.29, 1.82) is 0 Å². The number of hydrogen-bond acceptors (Lipinski definition) is 6. The van der Waals surface area contributed by atoms with E-state index in [0.717, 1.165) is 0 Å². The van der Waals surface area contributed by atoms with Crippen LogP contribution in [-0.4, -0.2) is 96.4 Å². The highest BCUT2D eigenvalue weighted by molar-refractivity contribution is 7.80. The van der Waals surface area contributed by atoms with E-state index in [4.69, 9.17) is 35.0 Å². The molecule has 0 aliphatic carbocycles. The van der Waals surface area contributed by atoms with Gasteiger partial charge in [-0.2, -0.15) is 0 Å². The van der Waals surface area contributed by atoms with E-state index in [1.54, 1.807) is 0 Å². The number of quaternary nitrogens is 2. The molecule has 0 spiro atoms. The Kier molecular flexibility index (Phi) is 37.4. The summed E-state index contributed by atoms with van der Waals surface area (Å²) in [5.41, 5.74) is 0. The van der Waals surface area contributed by atoms with Gasteiger partial charge in [0.15, 0.2) is 0 Å². The van der Waals surface area contributed by atoms with Gasteiger partial charge in [-0.05, 0) is 51.4 Å². The highest BCUT2D eigenvalue weighted by Crippen LogP contribution is 2.17. The normalized spacial score (nSPS) is 11.9. The number of rotatable bonds is 24. The van der Waals surface area contributed by atoms with Crippen LogP contribution in [0.25, 0.3) is 0 Å². The van der Waals surface area contributed by atoms with Crippen molar-refractivity contribution in [1.82, 2.24) is 0 Å². The van der Waals surface area contributed by atoms with Gasteiger partial charge in [-0.3, -0.25) is 9.11 Å². The molecule has 0 atom stereocenters. The van der Waals surface area contributed by atoms with Crippen LogP contribution in [0, 0.1) is 0 Å². The van der Waals surface area contributed by atoms with Crippen LogP contribution in [0.4, 0.5) is 0 Å². The molecule has 272 valence electrons. The lowest BCUT2D eigenvalue weighted by Gasteiger charge is -2.39. The van der Waals surface area contributed by atoms with Gasteiger partial charge in [-0.1, -0.05) is 107 Å². The molecule has 0 aromatic heterocycles. The van der Waals surface area contributed by atoms with Gasteiger partial charge in [0.25, 0.3) is 0 Å². The third-order valence-electron chi connectivity index (χ3n) is 7.89. The molecule has 12 heteroatoms. The SMILES string of the molecule is CCCC[N+](CCCC)(CCCC)CCCC.CCCC[N+](CCCC)(CCCC)CCCC.O=S(=O)([O-])O.O=S(=O)([O-])O. The van der Waals surface area contributed by atoms with Crippen LogP contribution in [0.5, 0.6) is 0 Å². The molecule has 0 radical (unpaired) electrons. The summed E-state index contributed by atoms with van der Waals surface area (Å²) in [7, 11) is -9.83. The average Bonchev–Trinajstić information content (AvgIpc) is 2.94. The van der Waals surface area contributed by atoms with Crippen molar-refractivity contribution in [3.63, 3.8) is 0 Å². The molecule has 0 rings (SSSR count). The van der Waals surface area contributed by atoms with Crippen molar-refractivity contribution < 1.29 is 44.0 Å². The molecule has 0 aliphatic rings. The van der Waals surface area contributed by atoms with Gasteiger partial charge in [0.2, 0.25) is 20.8 Å². The predicted octanol–water partition coefficient (Wildman–Crippen LogP) is 8.02. The summed E-state index contributed by atoms with van der Waals surface area (Å²) in [6.07, 6.45) is 22.1. The third kappa shape index (κ3) is 43.8. The average molecular weight is 679 g/mol. The van der Waals surface area contributed by atoms with Crippen LogP contribution in [0.1, 0.15) is 158 Å². The summed E-state index contributed by atoms with van der Waals surface area (Å²) in [5.74, 6) is 0. The van der Waals surface area contributed by atoms with E-state index in [1.165, 1.54) is 164 Å². The van der Waals surface area contributed by atoms with Crippen LogP contribution in [-0.2, 0) is 20.8 Å². The zero-order chi connectivity index (χ0) is 35.0. The summed E-state index contributed by atoms with van der Waals surface area (Å²) >= 11 is 0. The molecule has 0 aromatic rings. The lowest BCUT2D eigenvalue weighted by atomic mass is 10.1. The fraction of sp³-hybridized carbons (Fsp3) is 1.00. The summed E-state index contributed by atoms with van der Waals surface area (Å²) in [4.78, 5) is 0. The molecule has 0 bridgehead atoms. The fourth-order valence-electron chi connectivity index (χ4n) is 5.29. The first-order valence-corrected chi connectivity index (χ1v) is 20.3. The molecular weight excluding hydrogens is 604 g/mol. The van der Waals surface area contributed by atoms with Crippen molar-refractivity contribution >= 4 is 20.8 Å². The maximum Gasteiger partial charge on any atom is 0.215 e. The smallest absolute Gasteiger partial charge is 0.215 e. The van der Waals surface area contributed by atoms with Gasteiger partial charge >= 0.3 is 0 Å². The van der Waals surface area contributed by atoms with E-state index in [-0.39, 0.29) is 0 Å². The summed E-state index contributed by atoms with van der Waals surface area (Å²) in [6.45, 7) is 30.0. The molecule has 0 aliphatic heterocycles. The maximum atomic E-state index is 8.63. The zero-order valence-electron chi connectivity index (χ0n) is 30.0. The van der Waals surface area contributed by atoms with Crippen LogP contribution >= 0.6 is 0 Å². The van der Waals surface area contributed by atoms with Crippen LogP contribution in [0.2, 0.25) is 0 Å². The van der Waals surface area contributed by atoms with Crippen molar-refractivity contribution in [2.75, 3.05) is 52.4 Å². The van der Waals surface area contributed by atoms with E-state index >= 15 is 0 Å². The molecule has 0 amide bonds. The number of nitrogens with zero attached hydrogens (tertiary/aromatic N) is 2. The molecule has 0 heterocycles. The van der Waals surface area contributed by atoms with Gasteiger partial charge in [0, 0.05) is 0 Å². The van der Waals surface area contributed by atoms with E-state index in [0.29, 0.717) is 0 Å². The Morgan fingerprint density at radius 2 is 0.455 bits per heavy atom. The quantitative estimate of drug-likeness (QED) is 0.0591. The number of unbranched alkanes of at least 4 members (excludes halogenated alkanes) is 8. The first-order valence-electron chi connectivity index (χ1n) is 17.6. The minimum Gasteiger partial charge on any atom is -0.726 e. The molecule has 0 saturated heterocycles. The summed E-state index contributed by atoms with van der Waals surface area (Å²) in [6, 6.07) is 0. The Balaban J connectivity index is -0.000000278. The minimum absolute atomic E-state index is 1.35. The van der Waals surface area contributed by atoms with Crippen molar-refractivity contribution in [3.8, 4) is 0 Å². The Morgan fingerprint density at radius 3 is 0.523 bits per heavy atom. The van der Waals surface area contributed by atoms with Gasteiger partial charge in [-0.25, -0.2) is 16.8 Å². The van der Waals surface area contributed by atoms with E-state index < -0.39 is 20.8 Å². The van der Waals surface area contributed by atoms with Gasteiger partial charge in [0.05, 0.1) is 52.4 Å². The predicted molar refractivity (Wildman–Crippen MR) is 183 cm³/mol. The molecule has 44 heavy (non-hydrogen) atoms. The molecule has 0 unspecified atom stereocenters. The van der Waals surface area contributed by atoms with Gasteiger partial charge in [0.1, 0.15) is 0 Å². The van der Waals surface area contributed by atoms with Crippen molar-refractivity contribution in [3.05, 3.63) is 0 Å². The molecule has 0 fully saturated rings. The molecule has 0 aromatic carbocycles. The molecule has 10 nitrogen and oxygen atoms in total. The van der Waals surface area contributed by atoms with Crippen LogP contribution in [0.15, 0.2) is 0 Å². The lowest BCUT2D eigenvalue weighted by Crippen LogP contribution is -2.50. The Bertz CT molecular complexity index is 637. The highest BCUT2D eigenvalue weighted by atomic mass is 32.3. The first-order chi connectivity index (χ1) is 20.5. The van der Waals surface area contributed by atoms with E-state index in [1.807, 2.05) is 0 Å².